The summed E-state index contributed by atoms with van der Waals surface area (Å²) in [6.07, 6.45) is 5.55. The van der Waals surface area contributed by atoms with E-state index < -0.39 is 0 Å². The third-order valence-electron chi connectivity index (χ3n) is 4.46. The van der Waals surface area contributed by atoms with Crippen molar-refractivity contribution in [2.45, 2.75) is 12.8 Å². The number of rotatable bonds is 9. The first-order chi connectivity index (χ1) is 13.1. The second-order valence-electron chi connectivity index (χ2n) is 6.88. The van der Waals surface area contributed by atoms with Crippen LogP contribution in [-0.4, -0.2) is 54.5 Å². The molecule has 0 saturated carbocycles. The Bertz CT molecular complexity index is 887. The minimum atomic E-state index is -0.131. The van der Waals surface area contributed by atoms with Crippen LogP contribution in [0.3, 0.4) is 0 Å². The predicted molar refractivity (Wildman–Crippen MR) is 110 cm³/mol. The largest absolute Gasteiger partial charge is 0.385 e. The summed E-state index contributed by atoms with van der Waals surface area (Å²) in [5.41, 5.74) is 3.79. The Kier molecular flexibility index (Phi) is 6.44. The average Bonchev–Trinajstić information content (AvgIpc) is 3.08. The van der Waals surface area contributed by atoms with Gasteiger partial charge in [-0.3, -0.25) is 9.78 Å². The zero-order valence-electron chi connectivity index (χ0n) is 16.0. The number of nitrogens with zero attached hydrogens (tertiary/aromatic N) is 2. The van der Waals surface area contributed by atoms with E-state index >= 15 is 0 Å². The van der Waals surface area contributed by atoms with Crippen LogP contribution in [0, 0.1) is 0 Å². The van der Waals surface area contributed by atoms with Crippen molar-refractivity contribution in [1.29, 1.82) is 0 Å². The number of H-pyrrole nitrogens is 1. The van der Waals surface area contributed by atoms with Gasteiger partial charge < -0.3 is 20.5 Å². The number of nitrogens with one attached hydrogen (secondary N) is 3. The summed E-state index contributed by atoms with van der Waals surface area (Å²) in [7, 11) is 4.05. The van der Waals surface area contributed by atoms with E-state index in [0.717, 1.165) is 37.1 Å². The maximum Gasteiger partial charge on any atom is 0.269 e. The fourth-order valence-corrected chi connectivity index (χ4v) is 3.03. The molecule has 0 aliphatic heterocycles. The van der Waals surface area contributed by atoms with Crippen molar-refractivity contribution in [3.8, 4) is 0 Å². The molecule has 3 N–H and O–H groups in total. The summed E-state index contributed by atoms with van der Waals surface area (Å²) in [6, 6.07) is 12.0. The van der Waals surface area contributed by atoms with E-state index in [9.17, 15) is 4.79 Å². The van der Waals surface area contributed by atoms with Crippen molar-refractivity contribution >= 4 is 22.5 Å². The van der Waals surface area contributed by atoms with E-state index in [0.29, 0.717) is 12.2 Å². The van der Waals surface area contributed by atoms with Gasteiger partial charge >= 0.3 is 0 Å². The van der Waals surface area contributed by atoms with Crippen LogP contribution in [0.25, 0.3) is 10.9 Å². The molecule has 1 aromatic carbocycles. The van der Waals surface area contributed by atoms with E-state index in [4.69, 9.17) is 0 Å². The van der Waals surface area contributed by atoms with Crippen LogP contribution >= 0.6 is 0 Å². The van der Waals surface area contributed by atoms with Crippen LogP contribution in [0.15, 0.2) is 48.8 Å². The zero-order valence-corrected chi connectivity index (χ0v) is 16.0. The summed E-state index contributed by atoms with van der Waals surface area (Å²) in [5, 5.41) is 7.56. The minimum Gasteiger partial charge on any atom is -0.385 e. The first kappa shape index (κ1) is 18.9. The fraction of sp³-hybridized carbons (Fsp3) is 0.333. The van der Waals surface area contributed by atoms with Crippen molar-refractivity contribution in [2.24, 2.45) is 0 Å². The molecule has 0 saturated heterocycles. The molecule has 0 unspecified atom stereocenters. The van der Waals surface area contributed by atoms with Crippen LogP contribution < -0.4 is 10.6 Å². The Morgan fingerprint density at radius 1 is 1.19 bits per heavy atom. The predicted octanol–water partition coefficient (Wildman–Crippen LogP) is 2.90. The van der Waals surface area contributed by atoms with E-state index in [1.54, 1.807) is 12.3 Å². The van der Waals surface area contributed by atoms with Crippen molar-refractivity contribution < 1.29 is 4.79 Å². The summed E-state index contributed by atoms with van der Waals surface area (Å²) in [5.74, 6) is -0.131. The lowest BCUT2D eigenvalue weighted by molar-refractivity contribution is 0.0947. The molecule has 3 aromatic rings. The molecule has 0 bridgehead atoms. The van der Waals surface area contributed by atoms with Crippen molar-refractivity contribution in [1.82, 2.24) is 20.2 Å². The molecule has 0 aliphatic carbocycles. The highest BCUT2D eigenvalue weighted by molar-refractivity contribution is 5.93. The molecule has 142 valence electrons. The maximum absolute atomic E-state index is 12.2. The number of aromatic amines is 1. The Morgan fingerprint density at radius 3 is 2.89 bits per heavy atom. The average molecular weight is 365 g/mol. The van der Waals surface area contributed by atoms with Crippen LogP contribution in [0.2, 0.25) is 0 Å². The quantitative estimate of drug-likeness (QED) is 0.510. The lowest BCUT2D eigenvalue weighted by Gasteiger charge is -2.10. The van der Waals surface area contributed by atoms with Gasteiger partial charge in [0.2, 0.25) is 0 Å². The maximum atomic E-state index is 12.2. The van der Waals surface area contributed by atoms with Gasteiger partial charge in [-0.2, -0.15) is 0 Å². The summed E-state index contributed by atoms with van der Waals surface area (Å²) >= 11 is 0. The number of benzene rings is 1. The molecule has 6 heteroatoms. The number of hydrogen-bond acceptors (Lipinski definition) is 4. The molecule has 6 nitrogen and oxygen atoms in total. The Balaban J connectivity index is 1.51. The second kappa shape index (κ2) is 9.19. The lowest BCUT2D eigenvalue weighted by Crippen LogP contribution is -2.27. The third kappa shape index (κ3) is 5.31. The van der Waals surface area contributed by atoms with E-state index in [1.807, 2.05) is 26.2 Å². The second-order valence-corrected chi connectivity index (χ2v) is 6.88. The molecule has 2 heterocycles. The van der Waals surface area contributed by atoms with Crippen LogP contribution in [0.1, 0.15) is 22.5 Å². The summed E-state index contributed by atoms with van der Waals surface area (Å²) in [4.78, 5) is 21.8. The Morgan fingerprint density at radius 2 is 2.04 bits per heavy atom. The standard InChI is InChI=1S/C21H27N5O/c1-26(2)13-5-10-24-21(27)20-14-17(9-12-23-20)22-11-8-16-15-25-19-7-4-3-6-18(16)19/h3-4,6-7,9,12,14-15,25H,5,8,10-11,13H2,1-2H3,(H,22,23)(H,24,27). The monoisotopic (exact) mass is 365 g/mol. The Labute approximate surface area is 160 Å². The minimum absolute atomic E-state index is 0.131. The molecule has 3 rings (SSSR count). The summed E-state index contributed by atoms with van der Waals surface area (Å²) in [6.45, 7) is 2.38. The van der Waals surface area contributed by atoms with Crippen LogP contribution in [0.4, 0.5) is 5.69 Å². The topological polar surface area (TPSA) is 73.1 Å². The number of aromatic nitrogens is 2. The number of pyridine rings is 1. The molecule has 27 heavy (non-hydrogen) atoms. The number of para-hydroxylation sites is 1. The van der Waals surface area contributed by atoms with Gasteiger partial charge in [0.05, 0.1) is 0 Å². The van der Waals surface area contributed by atoms with Crippen LogP contribution in [-0.2, 0) is 6.42 Å². The number of hydrogen-bond donors (Lipinski definition) is 3. The molecule has 1 amide bonds. The van der Waals surface area contributed by atoms with Gasteiger partial charge in [-0.1, -0.05) is 18.2 Å². The van der Waals surface area contributed by atoms with Gasteiger partial charge in [0.1, 0.15) is 5.69 Å². The van der Waals surface area contributed by atoms with Gasteiger partial charge in [0.25, 0.3) is 5.91 Å². The number of carbonyl (C=O) groups is 1. The van der Waals surface area contributed by atoms with Gasteiger partial charge in [-0.15, -0.1) is 0 Å². The van der Waals surface area contributed by atoms with Crippen molar-refractivity contribution in [3.05, 3.63) is 60.0 Å². The molecular weight excluding hydrogens is 338 g/mol. The third-order valence-corrected chi connectivity index (χ3v) is 4.46. The SMILES string of the molecule is CN(C)CCCNC(=O)c1cc(NCCc2c[nH]c3ccccc23)ccn1. The van der Waals surface area contributed by atoms with Crippen molar-refractivity contribution in [3.63, 3.8) is 0 Å². The van der Waals surface area contributed by atoms with Gasteiger partial charge in [-0.25, -0.2) is 0 Å². The number of amides is 1. The first-order valence-electron chi connectivity index (χ1n) is 9.31. The normalized spacial score (nSPS) is 11.1. The summed E-state index contributed by atoms with van der Waals surface area (Å²) < 4.78 is 0. The van der Waals surface area contributed by atoms with E-state index in [1.165, 1.54) is 10.9 Å². The van der Waals surface area contributed by atoms with E-state index in [2.05, 4.69) is 49.9 Å². The lowest BCUT2D eigenvalue weighted by atomic mass is 10.1. The van der Waals surface area contributed by atoms with Gasteiger partial charge in [0, 0.05) is 42.1 Å². The highest BCUT2D eigenvalue weighted by Gasteiger charge is 2.08. The first-order valence-corrected chi connectivity index (χ1v) is 9.31. The van der Waals surface area contributed by atoms with E-state index in [-0.39, 0.29) is 5.91 Å². The van der Waals surface area contributed by atoms with Gasteiger partial charge in [-0.05, 0) is 57.2 Å². The molecule has 2 aromatic heterocycles. The molecule has 0 radical (unpaired) electrons. The molecular formula is C21H27N5O. The zero-order chi connectivity index (χ0) is 19.1. The molecule has 0 atom stereocenters. The smallest absolute Gasteiger partial charge is 0.269 e. The molecule has 0 aliphatic rings. The Hall–Kier alpha value is -2.86. The van der Waals surface area contributed by atoms with Crippen molar-refractivity contribution in [2.75, 3.05) is 39.0 Å². The van der Waals surface area contributed by atoms with Gasteiger partial charge in [0.15, 0.2) is 0 Å². The number of fused-ring (bicyclic) bond motifs is 1. The highest BCUT2D eigenvalue weighted by atomic mass is 16.1. The molecule has 0 fully saturated rings. The number of carbonyl (C=O) groups excluding carboxylic acids is 1. The number of anilines is 1. The fourth-order valence-electron chi connectivity index (χ4n) is 3.03. The highest BCUT2D eigenvalue weighted by Crippen LogP contribution is 2.18. The van der Waals surface area contributed by atoms with Crippen LogP contribution in [0.5, 0.6) is 0 Å². The molecule has 0 spiro atoms.